The molecule has 0 radical (unpaired) electrons. The third kappa shape index (κ3) is 4.08. The first-order valence-electron chi connectivity index (χ1n) is 13.1. The van der Waals surface area contributed by atoms with E-state index < -0.39 is 59.8 Å². The molecule has 4 saturated carbocycles. The predicted molar refractivity (Wildman–Crippen MR) is 125 cm³/mol. The Kier molecular flexibility index (Phi) is 6.52. The molecule has 8 nitrogen and oxygen atoms in total. The average molecular weight is 565 g/mol. The maximum Gasteiger partial charge on any atom is 0.411 e. The van der Waals surface area contributed by atoms with E-state index in [0.717, 1.165) is 19.3 Å². The van der Waals surface area contributed by atoms with Crippen LogP contribution in [0.3, 0.4) is 0 Å². The summed E-state index contributed by atoms with van der Waals surface area (Å²) in [6.45, 7) is 0.214. The fourth-order valence-corrected chi connectivity index (χ4v) is 8.29. The van der Waals surface area contributed by atoms with Gasteiger partial charge in [0.2, 0.25) is 6.29 Å². The van der Waals surface area contributed by atoms with Crippen molar-refractivity contribution in [3.05, 3.63) is 29.8 Å². The van der Waals surface area contributed by atoms with E-state index in [1.165, 1.54) is 6.07 Å². The molecule has 8 atom stereocenters. The lowest BCUT2D eigenvalue weighted by Crippen LogP contribution is -2.78. The van der Waals surface area contributed by atoms with Gasteiger partial charge in [-0.2, -0.15) is 18.1 Å². The molecule has 38 heavy (non-hydrogen) atoms. The van der Waals surface area contributed by atoms with Gasteiger partial charge in [-0.3, -0.25) is 0 Å². The van der Waals surface area contributed by atoms with Crippen molar-refractivity contribution < 1.29 is 52.5 Å². The van der Waals surface area contributed by atoms with Crippen molar-refractivity contribution in [3.8, 4) is 5.75 Å². The molecule has 2 saturated heterocycles. The van der Waals surface area contributed by atoms with Crippen LogP contribution in [-0.4, -0.2) is 69.3 Å². The molecule has 1 aromatic rings. The van der Waals surface area contributed by atoms with E-state index in [0.29, 0.717) is 25.2 Å². The second-order valence-electron chi connectivity index (χ2n) is 11.5. The molecule has 0 amide bonds. The summed E-state index contributed by atoms with van der Waals surface area (Å²) in [7, 11) is 0. The Morgan fingerprint density at radius 1 is 1.03 bits per heavy atom. The van der Waals surface area contributed by atoms with Crippen molar-refractivity contribution in [1.29, 1.82) is 0 Å². The van der Waals surface area contributed by atoms with Gasteiger partial charge in [0.1, 0.15) is 30.7 Å². The van der Waals surface area contributed by atoms with Crippen LogP contribution in [-0.2, 0) is 25.0 Å². The normalized spacial score (nSPS) is 47.8. The maximum atomic E-state index is 13.5. The standard InChI is InChI=1S/C26H32ClF3O8/c1-2-18-19(31)20(32)21(33)22(36-18)35-17-5-3-4-14(8-17)26(34-12-24(28,29)30)25(37-38-26)15-6-13-7-16(25)11-23(27,9-13)10-15/h3-5,8,13,15-16,18-22,31-33H,2,6-7,9-12H2,1H3. The van der Waals surface area contributed by atoms with Gasteiger partial charge in [-0.15, -0.1) is 11.6 Å². The number of aliphatic hydroxyl groups excluding tert-OH is 3. The molecule has 4 bridgehead atoms. The summed E-state index contributed by atoms with van der Waals surface area (Å²) in [5.74, 6) is -1.60. The predicted octanol–water partition coefficient (Wildman–Crippen LogP) is 3.53. The van der Waals surface area contributed by atoms with Gasteiger partial charge in [0.05, 0.1) is 6.10 Å². The smallest absolute Gasteiger partial charge is 0.411 e. The molecule has 12 heteroatoms. The minimum Gasteiger partial charge on any atom is -0.462 e. The fourth-order valence-electron chi connectivity index (χ4n) is 7.70. The second kappa shape index (κ2) is 9.17. The molecule has 0 aromatic heterocycles. The molecular weight excluding hydrogens is 533 g/mol. The molecule has 1 spiro atoms. The number of ether oxygens (including phenoxy) is 3. The first kappa shape index (κ1) is 27.0. The molecule has 6 aliphatic rings. The monoisotopic (exact) mass is 564 g/mol. The Balaban J connectivity index is 1.33. The summed E-state index contributed by atoms with van der Waals surface area (Å²) >= 11 is 6.91. The highest BCUT2D eigenvalue weighted by atomic mass is 35.5. The molecule has 2 aliphatic heterocycles. The highest BCUT2D eigenvalue weighted by Gasteiger charge is 2.78. The largest absolute Gasteiger partial charge is 0.462 e. The zero-order valence-corrected chi connectivity index (χ0v) is 21.5. The second-order valence-corrected chi connectivity index (χ2v) is 12.3. The first-order valence-corrected chi connectivity index (χ1v) is 13.5. The number of hydrogen-bond acceptors (Lipinski definition) is 8. The molecule has 6 fully saturated rings. The molecule has 8 unspecified atom stereocenters. The molecule has 212 valence electrons. The van der Waals surface area contributed by atoms with Crippen molar-refractivity contribution in [2.24, 2.45) is 17.8 Å². The number of rotatable bonds is 6. The Hall–Kier alpha value is -1.18. The van der Waals surface area contributed by atoms with Crippen LogP contribution >= 0.6 is 11.6 Å². The SMILES string of the molecule is CCC1OC(Oc2cccc(C3(OCC(F)(F)F)OOC34C3CC5CC4CC(Cl)(C5)C3)c2)C(O)C(O)C1O. The summed E-state index contributed by atoms with van der Waals surface area (Å²) in [6, 6.07) is 6.21. The third-order valence-corrected chi connectivity index (χ3v) is 9.58. The quantitative estimate of drug-likeness (QED) is 0.356. The first-order chi connectivity index (χ1) is 17.9. The summed E-state index contributed by atoms with van der Waals surface area (Å²) in [4.78, 5) is 11.0. The van der Waals surface area contributed by atoms with Crippen molar-refractivity contribution in [2.45, 2.75) is 98.6 Å². The van der Waals surface area contributed by atoms with Crippen LogP contribution in [0, 0.1) is 17.8 Å². The Morgan fingerprint density at radius 2 is 1.74 bits per heavy atom. The van der Waals surface area contributed by atoms with Crippen LogP contribution in [0.5, 0.6) is 5.75 Å². The fraction of sp³-hybridized carbons (Fsp3) is 0.769. The summed E-state index contributed by atoms with van der Waals surface area (Å²) in [6.07, 6.45) is -7.05. The zero-order valence-electron chi connectivity index (χ0n) is 20.8. The van der Waals surface area contributed by atoms with E-state index in [4.69, 9.17) is 35.6 Å². The molecule has 7 rings (SSSR count). The average Bonchev–Trinajstić information content (AvgIpc) is 2.82. The van der Waals surface area contributed by atoms with Gasteiger partial charge >= 0.3 is 6.18 Å². The van der Waals surface area contributed by atoms with E-state index in [9.17, 15) is 28.5 Å². The van der Waals surface area contributed by atoms with Gasteiger partial charge in [0, 0.05) is 10.4 Å². The summed E-state index contributed by atoms with van der Waals surface area (Å²) < 4.78 is 57.5. The van der Waals surface area contributed by atoms with Gasteiger partial charge in [0.15, 0.2) is 5.60 Å². The Bertz CT molecular complexity index is 1040. The van der Waals surface area contributed by atoms with Crippen molar-refractivity contribution in [1.82, 2.24) is 0 Å². The van der Waals surface area contributed by atoms with Crippen molar-refractivity contribution >= 4 is 11.6 Å². The van der Waals surface area contributed by atoms with E-state index >= 15 is 0 Å². The molecule has 2 heterocycles. The van der Waals surface area contributed by atoms with Gasteiger partial charge in [-0.05, 0) is 68.4 Å². The van der Waals surface area contributed by atoms with E-state index in [-0.39, 0.29) is 23.1 Å². The number of benzene rings is 1. The van der Waals surface area contributed by atoms with Gasteiger partial charge in [-0.1, -0.05) is 19.1 Å². The maximum absolute atomic E-state index is 13.5. The van der Waals surface area contributed by atoms with E-state index in [2.05, 4.69) is 0 Å². The zero-order chi connectivity index (χ0) is 27.1. The van der Waals surface area contributed by atoms with Crippen LogP contribution in [0.2, 0.25) is 0 Å². The third-order valence-electron chi connectivity index (χ3n) is 9.12. The molecular formula is C26H32ClF3O8. The van der Waals surface area contributed by atoms with Gasteiger partial charge in [0.25, 0.3) is 5.79 Å². The number of alkyl halides is 4. The van der Waals surface area contributed by atoms with Crippen LogP contribution in [0.1, 0.15) is 51.0 Å². The number of hydrogen-bond donors (Lipinski definition) is 3. The highest BCUT2D eigenvalue weighted by Crippen LogP contribution is 2.71. The van der Waals surface area contributed by atoms with Crippen molar-refractivity contribution in [2.75, 3.05) is 6.61 Å². The number of aliphatic hydroxyl groups is 3. The number of halogens is 4. The minimum absolute atomic E-state index is 0.150. The van der Waals surface area contributed by atoms with Gasteiger partial charge in [-0.25, -0.2) is 4.89 Å². The summed E-state index contributed by atoms with van der Waals surface area (Å²) in [5.41, 5.74) is -0.861. The lowest BCUT2D eigenvalue weighted by molar-refractivity contribution is -0.650. The van der Waals surface area contributed by atoms with Crippen molar-refractivity contribution in [3.63, 3.8) is 0 Å². The molecule has 1 aromatic carbocycles. The summed E-state index contributed by atoms with van der Waals surface area (Å²) in [5, 5.41) is 30.8. The minimum atomic E-state index is -4.60. The van der Waals surface area contributed by atoms with E-state index in [1.807, 2.05) is 0 Å². The lowest BCUT2D eigenvalue weighted by Gasteiger charge is -2.70. The van der Waals surface area contributed by atoms with E-state index in [1.54, 1.807) is 25.1 Å². The lowest BCUT2D eigenvalue weighted by atomic mass is 9.46. The van der Waals surface area contributed by atoms with Gasteiger partial charge < -0.3 is 29.5 Å². The topological polar surface area (TPSA) is 107 Å². The van der Waals surface area contributed by atoms with Crippen LogP contribution in [0.25, 0.3) is 0 Å². The Labute approximate surface area is 222 Å². The molecule has 4 aliphatic carbocycles. The van der Waals surface area contributed by atoms with Crippen LogP contribution < -0.4 is 4.74 Å². The molecule has 3 N–H and O–H groups in total. The van der Waals surface area contributed by atoms with Crippen LogP contribution in [0.15, 0.2) is 24.3 Å². The van der Waals surface area contributed by atoms with Crippen LogP contribution in [0.4, 0.5) is 13.2 Å². The highest BCUT2D eigenvalue weighted by molar-refractivity contribution is 6.24. The Morgan fingerprint density at radius 3 is 2.32 bits per heavy atom.